The Hall–Kier alpha value is -2.80. The highest BCUT2D eigenvalue weighted by atomic mass is 16.4. The number of carboxylic acid groups (broad SMARTS) is 1. The standard InChI is InChI=1S/C18H17NO3/c1-13-5-4-8-17(19-22)16(13)7-3-2-6-14-9-11-15(12-10-14)18(20)21/h3,7,9-12,22H,4-5,8H2,1H3,(H,20,21)/b7-3+,19-17+. The van der Waals surface area contributed by atoms with Crippen LogP contribution in [0.25, 0.3) is 0 Å². The minimum atomic E-state index is -0.949. The van der Waals surface area contributed by atoms with Gasteiger partial charge < -0.3 is 10.3 Å². The molecule has 0 heterocycles. The Balaban J connectivity index is 2.11. The summed E-state index contributed by atoms with van der Waals surface area (Å²) in [6.45, 7) is 2.03. The van der Waals surface area contributed by atoms with E-state index in [-0.39, 0.29) is 5.56 Å². The van der Waals surface area contributed by atoms with Crippen LogP contribution in [0.5, 0.6) is 0 Å². The van der Waals surface area contributed by atoms with Crippen LogP contribution in [0.3, 0.4) is 0 Å². The third-order valence-corrected chi connectivity index (χ3v) is 3.54. The lowest BCUT2D eigenvalue weighted by atomic mass is 9.91. The molecule has 0 amide bonds. The summed E-state index contributed by atoms with van der Waals surface area (Å²) >= 11 is 0. The Labute approximate surface area is 129 Å². The van der Waals surface area contributed by atoms with Crippen LogP contribution in [0.2, 0.25) is 0 Å². The summed E-state index contributed by atoms with van der Waals surface area (Å²) in [6, 6.07) is 6.41. The normalized spacial score (nSPS) is 16.7. The zero-order valence-electron chi connectivity index (χ0n) is 12.3. The minimum absolute atomic E-state index is 0.243. The molecule has 0 spiro atoms. The van der Waals surface area contributed by atoms with Crippen molar-refractivity contribution in [2.75, 3.05) is 0 Å². The first-order valence-corrected chi connectivity index (χ1v) is 7.04. The summed E-state index contributed by atoms with van der Waals surface area (Å²) < 4.78 is 0. The molecule has 2 rings (SSSR count). The van der Waals surface area contributed by atoms with E-state index in [1.807, 2.05) is 13.0 Å². The molecular weight excluding hydrogens is 278 g/mol. The molecule has 2 N–H and O–H groups in total. The predicted octanol–water partition coefficient (Wildman–Crippen LogP) is 3.62. The van der Waals surface area contributed by atoms with Gasteiger partial charge in [-0.25, -0.2) is 4.79 Å². The third-order valence-electron chi connectivity index (χ3n) is 3.54. The van der Waals surface area contributed by atoms with Crippen LogP contribution in [0.1, 0.15) is 42.1 Å². The number of allylic oxidation sites excluding steroid dienone is 4. The average Bonchev–Trinajstić information content (AvgIpc) is 2.53. The van der Waals surface area contributed by atoms with Crippen LogP contribution >= 0.6 is 0 Å². The van der Waals surface area contributed by atoms with Gasteiger partial charge in [-0.3, -0.25) is 0 Å². The van der Waals surface area contributed by atoms with E-state index in [0.717, 1.165) is 30.4 Å². The number of aromatic carboxylic acids is 1. The van der Waals surface area contributed by atoms with Gasteiger partial charge in [-0.15, -0.1) is 0 Å². The van der Waals surface area contributed by atoms with Gasteiger partial charge in [0.05, 0.1) is 11.3 Å². The lowest BCUT2D eigenvalue weighted by Crippen LogP contribution is -2.09. The SMILES string of the molecule is CC1=C(/C=C/C#Cc2ccc(C(=O)O)cc2)/C(=N/O)CCC1. The smallest absolute Gasteiger partial charge is 0.335 e. The van der Waals surface area contributed by atoms with Crippen molar-refractivity contribution in [3.8, 4) is 11.8 Å². The molecule has 4 heteroatoms. The highest BCUT2D eigenvalue weighted by Gasteiger charge is 2.13. The summed E-state index contributed by atoms with van der Waals surface area (Å²) in [6.07, 6.45) is 6.37. The van der Waals surface area contributed by atoms with Crippen LogP contribution < -0.4 is 0 Å². The largest absolute Gasteiger partial charge is 0.478 e. The number of carboxylic acids is 1. The molecule has 112 valence electrons. The second kappa shape index (κ2) is 7.28. The maximum absolute atomic E-state index is 10.8. The average molecular weight is 295 g/mol. The summed E-state index contributed by atoms with van der Waals surface area (Å²) in [7, 11) is 0. The van der Waals surface area contributed by atoms with E-state index in [4.69, 9.17) is 10.3 Å². The number of rotatable bonds is 2. The topological polar surface area (TPSA) is 69.9 Å². The fourth-order valence-electron chi connectivity index (χ4n) is 2.33. The molecule has 0 saturated heterocycles. The van der Waals surface area contributed by atoms with E-state index in [1.165, 1.54) is 17.7 Å². The van der Waals surface area contributed by atoms with E-state index in [1.54, 1.807) is 18.2 Å². The zero-order valence-corrected chi connectivity index (χ0v) is 12.3. The first-order valence-electron chi connectivity index (χ1n) is 7.04. The quantitative estimate of drug-likeness (QED) is 0.497. The maximum atomic E-state index is 10.8. The lowest BCUT2D eigenvalue weighted by molar-refractivity contribution is 0.0697. The summed E-state index contributed by atoms with van der Waals surface area (Å²) in [4.78, 5) is 10.8. The van der Waals surface area contributed by atoms with E-state index >= 15 is 0 Å². The number of hydrogen-bond donors (Lipinski definition) is 2. The van der Waals surface area contributed by atoms with Gasteiger partial charge in [0.25, 0.3) is 0 Å². The van der Waals surface area contributed by atoms with Gasteiger partial charge in [-0.2, -0.15) is 0 Å². The Morgan fingerprint density at radius 3 is 2.64 bits per heavy atom. The molecule has 0 radical (unpaired) electrons. The van der Waals surface area contributed by atoms with Crippen LogP contribution in [-0.2, 0) is 0 Å². The first-order chi connectivity index (χ1) is 10.6. The fraction of sp³-hybridized carbons (Fsp3) is 0.222. The summed E-state index contributed by atoms with van der Waals surface area (Å²) in [5.74, 6) is 4.91. The van der Waals surface area contributed by atoms with Crippen molar-refractivity contribution in [2.24, 2.45) is 5.16 Å². The highest BCUT2D eigenvalue weighted by Crippen LogP contribution is 2.23. The van der Waals surface area contributed by atoms with Gasteiger partial charge in [-0.1, -0.05) is 22.6 Å². The molecule has 1 aliphatic rings. The van der Waals surface area contributed by atoms with Crippen molar-refractivity contribution in [1.29, 1.82) is 0 Å². The van der Waals surface area contributed by atoms with Crippen molar-refractivity contribution in [3.63, 3.8) is 0 Å². The van der Waals surface area contributed by atoms with E-state index in [2.05, 4.69) is 17.0 Å². The van der Waals surface area contributed by atoms with Crippen molar-refractivity contribution in [2.45, 2.75) is 26.2 Å². The molecule has 0 saturated carbocycles. The zero-order chi connectivity index (χ0) is 15.9. The van der Waals surface area contributed by atoms with Crippen molar-refractivity contribution < 1.29 is 15.1 Å². The molecule has 0 aromatic heterocycles. The monoisotopic (exact) mass is 295 g/mol. The summed E-state index contributed by atoms with van der Waals surface area (Å²) in [5, 5.41) is 21.2. The van der Waals surface area contributed by atoms with Crippen molar-refractivity contribution in [1.82, 2.24) is 0 Å². The molecule has 1 aromatic carbocycles. The van der Waals surface area contributed by atoms with Crippen LogP contribution in [0, 0.1) is 11.8 Å². The van der Waals surface area contributed by atoms with Gasteiger partial charge in [0.2, 0.25) is 0 Å². The molecule has 0 atom stereocenters. The third kappa shape index (κ3) is 3.86. The number of nitrogens with zero attached hydrogens (tertiary/aromatic N) is 1. The Morgan fingerprint density at radius 2 is 2.00 bits per heavy atom. The highest BCUT2D eigenvalue weighted by molar-refractivity contribution is 6.03. The second-order valence-electron chi connectivity index (χ2n) is 5.08. The molecular formula is C18H17NO3. The molecule has 0 fully saturated rings. The molecule has 1 aromatic rings. The van der Waals surface area contributed by atoms with Gasteiger partial charge >= 0.3 is 5.97 Å². The van der Waals surface area contributed by atoms with Gasteiger partial charge in [0.1, 0.15) is 0 Å². The molecule has 0 unspecified atom stereocenters. The van der Waals surface area contributed by atoms with Gasteiger partial charge in [-0.05, 0) is 68.2 Å². The van der Waals surface area contributed by atoms with Gasteiger partial charge in [0, 0.05) is 5.56 Å². The number of oxime groups is 1. The van der Waals surface area contributed by atoms with E-state index < -0.39 is 5.97 Å². The van der Waals surface area contributed by atoms with E-state index in [9.17, 15) is 4.79 Å². The molecule has 22 heavy (non-hydrogen) atoms. The maximum Gasteiger partial charge on any atom is 0.335 e. The molecule has 0 aliphatic heterocycles. The molecule has 0 bridgehead atoms. The predicted molar refractivity (Wildman–Crippen MR) is 85.2 cm³/mol. The molecule has 1 aliphatic carbocycles. The second-order valence-corrected chi connectivity index (χ2v) is 5.08. The van der Waals surface area contributed by atoms with Crippen LogP contribution in [0.15, 0.2) is 52.7 Å². The van der Waals surface area contributed by atoms with Crippen LogP contribution in [-0.4, -0.2) is 22.0 Å². The summed E-state index contributed by atoms with van der Waals surface area (Å²) in [5.41, 5.74) is 3.84. The number of hydrogen-bond acceptors (Lipinski definition) is 3. The number of benzene rings is 1. The Kier molecular flexibility index (Phi) is 5.16. The van der Waals surface area contributed by atoms with Gasteiger partial charge in [0.15, 0.2) is 0 Å². The number of carbonyl (C=O) groups is 1. The Bertz CT molecular complexity index is 713. The fourth-order valence-corrected chi connectivity index (χ4v) is 2.33. The first kappa shape index (κ1) is 15.6. The van der Waals surface area contributed by atoms with Crippen LogP contribution in [0.4, 0.5) is 0 Å². The Morgan fingerprint density at radius 1 is 1.27 bits per heavy atom. The lowest BCUT2D eigenvalue weighted by Gasteiger charge is -2.15. The molecule has 4 nitrogen and oxygen atoms in total. The van der Waals surface area contributed by atoms with Crippen molar-refractivity contribution in [3.05, 3.63) is 58.7 Å². The minimum Gasteiger partial charge on any atom is -0.478 e. The van der Waals surface area contributed by atoms with E-state index in [0.29, 0.717) is 5.71 Å². The van der Waals surface area contributed by atoms with Crippen molar-refractivity contribution >= 4 is 11.7 Å².